The topological polar surface area (TPSA) is 41.8 Å². The van der Waals surface area contributed by atoms with Crippen LogP contribution in [0.5, 0.6) is 0 Å². The minimum atomic E-state index is -5.13. The fourth-order valence-corrected chi connectivity index (χ4v) is 3.34. The molecule has 1 aliphatic rings. The van der Waals surface area contributed by atoms with E-state index in [4.69, 9.17) is 16.7 Å². The molecule has 1 aliphatic heterocycles. The van der Waals surface area contributed by atoms with Crippen LogP contribution in [0.15, 0.2) is 47.6 Å². The van der Waals surface area contributed by atoms with Crippen LogP contribution in [0.1, 0.15) is 17.5 Å². The highest BCUT2D eigenvalue weighted by Gasteiger charge is 2.63. The second kappa shape index (κ2) is 6.97. The highest BCUT2D eigenvalue weighted by molar-refractivity contribution is 6.33. The Labute approximate surface area is 160 Å². The number of aliphatic hydroxyl groups excluding tert-OH is 1. The molecule has 0 fully saturated rings. The summed E-state index contributed by atoms with van der Waals surface area (Å²) in [5, 5.41) is 11.9. The maximum atomic E-state index is 14.1. The molecule has 0 spiro atoms. The highest BCUT2D eigenvalue weighted by atomic mass is 35.5. The maximum Gasteiger partial charge on any atom is 0.435 e. The zero-order valence-electron chi connectivity index (χ0n) is 13.9. The second-order valence-corrected chi connectivity index (χ2v) is 6.56. The fraction of sp³-hybridized carbons (Fsp3) is 0.278. The molecule has 0 amide bonds. The van der Waals surface area contributed by atoms with Crippen LogP contribution >= 0.6 is 11.6 Å². The van der Waals surface area contributed by atoms with Gasteiger partial charge in [-0.1, -0.05) is 47.1 Å². The van der Waals surface area contributed by atoms with E-state index in [1.807, 2.05) is 0 Å². The Balaban J connectivity index is 2.35. The summed E-state index contributed by atoms with van der Waals surface area (Å²) in [6, 6.07) is 8.41. The SMILES string of the molecule is OCC1=NOC(c2cc(C(F)(F)F)cc(Cl)c2-c2ccccc2)(C(F)(F)F)C1. The number of nitrogens with zero attached hydrogens (tertiary/aromatic N) is 1. The van der Waals surface area contributed by atoms with Gasteiger partial charge < -0.3 is 9.94 Å². The molecule has 0 aromatic heterocycles. The predicted molar refractivity (Wildman–Crippen MR) is 89.8 cm³/mol. The van der Waals surface area contributed by atoms with Crippen molar-refractivity contribution in [3.05, 3.63) is 58.6 Å². The lowest BCUT2D eigenvalue weighted by atomic mass is 9.82. The number of alkyl halides is 6. The summed E-state index contributed by atoms with van der Waals surface area (Å²) >= 11 is 6.03. The minimum Gasteiger partial charge on any atom is -0.390 e. The van der Waals surface area contributed by atoms with E-state index < -0.39 is 47.1 Å². The third-order valence-corrected chi connectivity index (χ3v) is 4.64. The Hall–Kier alpha value is -2.26. The first-order chi connectivity index (χ1) is 13.0. The molecule has 2 aromatic rings. The number of rotatable bonds is 3. The Morgan fingerprint density at radius 3 is 2.21 bits per heavy atom. The van der Waals surface area contributed by atoms with Crippen LogP contribution in [0.3, 0.4) is 0 Å². The average molecular weight is 424 g/mol. The molecule has 1 heterocycles. The van der Waals surface area contributed by atoms with Crippen LogP contribution in [-0.4, -0.2) is 23.6 Å². The first kappa shape index (κ1) is 20.5. The Kier molecular flexibility index (Phi) is 5.09. The van der Waals surface area contributed by atoms with E-state index in [2.05, 4.69) is 9.99 Å². The van der Waals surface area contributed by atoms with Gasteiger partial charge in [-0.25, -0.2) is 0 Å². The third kappa shape index (κ3) is 3.44. The van der Waals surface area contributed by atoms with Gasteiger partial charge in [0.2, 0.25) is 0 Å². The van der Waals surface area contributed by atoms with E-state index in [1.165, 1.54) is 24.3 Å². The van der Waals surface area contributed by atoms with Crippen molar-refractivity contribution in [3.8, 4) is 11.1 Å². The van der Waals surface area contributed by atoms with Crippen LogP contribution in [-0.2, 0) is 16.6 Å². The molecule has 1 unspecified atom stereocenters. The number of oxime groups is 1. The summed E-state index contributed by atoms with van der Waals surface area (Å²) in [6.45, 7) is -0.828. The van der Waals surface area contributed by atoms with Gasteiger partial charge in [0.1, 0.15) is 0 Å². The van der Waals surface area contributed by atoms with Crippen molar-refractivity contribution < 1.29 is 36.3 Å². The van der Waals surface area contributed by atoms with Crippen LogP contribution in [0.2, 0.25) is 5.02 Å². The van der Waals surface area contributed by atoms with Gasteiger partial charge in [0, 0.05) is 22.6 Å². The lowest BCUT2D eigenvalue weighted by Gasteiger charge is -2.32. The molecular formula is C18H12ClF6NO2. The van der Waals surface area contributed by atoms with E-state index in [0.717, 1.165) is 0 Å². The van der Waals surface area contributed by atoms with Gasteiger partial charge in [-0.3, -0.25) is 0 Å². The highest BCUT2D eigenvalue weighted by Crippen LogP contribution is 2.53. The van der Waals surface area contributed by atoms with Crippen molar-refractivity contribution in [2.45, 2.75) is 24.4 Å². The molecule has 2 aromatic carbocycles. The lowest BCUT2D eigenvalue weighted by Crippen LogP contribution is -2.43. The van der Waals surface area contributed by atoms with Crippen LogP contribution in [0, 0.1) is 0 Å². The fourth-order valence-electron chi connectivity index (χ4n) is 3.02. The summed E-state index contributed by atoms with van der Waals surface area (Å²) in [5.74, 6) is 0. The first-order valence-electron chi connectivity index (χ1n) is 7.88. The van der Waals surface area contributed by atoms with Crippen molar-refractivity contribution in [1.29, 1.82) is 0 Å². The molecule has 3 nitrogen and oxygen atoms in total. The van der Waals surface area contributed by atoms with Crippen LogP contribution < -0.4 is 0 Å². The van der Waals surface area contributed by atoms with Crippen molar-refractivity contribution in [3.63, 3.8) is 0 Å². The van der Waals surface area contributed by atoms with Gasteiger partial charge in [-0.2, -0.15) is 26.3 Å². The Bertz CT molecular complexity index is 911. The van der Waals surface area contributed by atoms with Gasteiger partial charge in [-0.05, 0) is 17.7 Å². The van der Waals surface area contributed by atoms with E-state index in [0.29, 0.717) is 12.1 Å². The molecule has 0 aliphatic carbocycles. The molecule has 0 radical (unpaired) electrons. The maximum absolute atomic E-state index is 14.1. The number of hydrogen-bond donors (Lipinski definition) is 1. The summed E-state index contributed by atoms with van der Waals surface area (Å²) in [4.78, 5) is 4.66. The summed E-state index contributed by atoms with van der Waals surface area (Å²) in [7, 11) is 0. The molecule has 0 saturated heterocycles. The van der Waals surface area contributed by atoms with Gasteiger partial charge >= 0.3 is 12.4 Å². The van der Waals surface area contributed by atoms with E-state index in [9.17, 15) is 26.3 Å². The zero-order valence-corrected chi connectivity index (χ0v) is 14.7. The third-order valence-electron chi connectivity index (χ3n) is 4.34. The van der Waals surface area contributed by atoms with Crippen molar-refractivity contribution in [1.82, 2.24) is 0 Å². The molecular weight excluding hydrogens is 412 g/mol. The largest absolute Gasteiger partial charge is 0.435 e. The standard InChI is InChI=1S/C18H12ClF6NO2/c19-14-7-11(17(20,21)22)6-13(15(14)10-4-2-1-3-5-10)16(18(23,24)25)8-12(9-27)26-28-16/h1-7,27H,8-9H2. The summed E-state index contributed by atoms with van der Waals surface area (Å²) in [5.41, 5.74) is -5.79. The second-order valence-electron chi connectivity index (χ2n) is 6.15. The van der Waals surface area contributed by atoms with Crippen LogP contribution in [0.25, 0.3) is 11.1 Å². The Morgan fingerprint density at radius 2 is 1.71 bits per heavy atom. The van der Waals surface area contributed by atoms with Gasteiger partial charge in [-0.15, -0.1) is 0 Å². The van der Waals surface area contributed by atoms with Gasteiger partial charge in [0.05, 0.1) is 17.9 Å². The van der Waals surface area contributed by atoms with E-state index in [1.54, 1.807) is 6.07 Å². The normalized spacial score (nSPS) is 20.1. The van der Waals surface area contributed by atoms with Gasteiger partial charge in [0.25, 0.3) is 5.60 Å². The molecule has 1 atom stereocenters. The minimum absolute atomic E-state index is 0.181. The quantitative estimate of drug-likeness (QED) is 0.657. The van der Waals surface area contributed by atoms with Crippen LogP contribution in [0.4, 0.5) is 26.3 Å². The monoisotopic (exact) mass is 423 g/mol. The zero-order chi connectivity index (χ0) is 20.7. The lowest BCUT2D eigenvalue weighted by molar-refractivity contribution is -0.275. The number of benzene rings is 2. The summed E-state index contributed by atoms with van der Waals surface area (Å²) in [6.07, 6.45) is -11.0. The first-order valence-corrected chi connectivity index (χ1v) is 8.25. The van der Waals surface area contributed by atoms with E-state index in [-0.39, 0.29) is 16.8 Å². The average Bonchev–Trinajstić information content (AvgIpc) is 3.06. The molecule has 150 valence electrons. The molecule has 0 saturated carbocycles. The number of halogens is 7. The molecule has 10 heteroatoms. The molecule has 28 heavy (non-hydrogen) atoms. The predicted octanol–water partition coefficient (Wildman–Crippen LogP) is 5.55. The van der Waals surface area contributed by atoms with Crippen molar-refractivity contribution in [2.24, 2.45) is 5.16 Å². The smallest absolute Gasteiger partial charge is 0.390 e. The summed E-state index contributed by atoms with van der Waals surface area (Å²) < 4.78 is 82.0. The number of aliphatic hydroxyl groups is 1. The number of hydrogen-bond acceptors (Lipinski definition) is 3. The van der Waals surface area contributed by atoms with Crippen molar-refractivity contribution >= 4 is 17.3 Å². The van der Waals surface area contributed by atoms with Crippen molar-refractivity contribution in [2.75, 3.05) is 6.61 Å². The Morgan fingerprint density at radius 1 is 1.07 bits per heavy atom. The molecule has 1 N–H and O–H groups in total. The molecule has 3 rings (SSSR count). The molecule has 0 bridgehead atoms. The van der Waals surface area contributed by atoms with Gasteiger partial charge in [0.15, 0.2) is 0 Å². The van der Waals surface area contributed by atoms with E-state index >= 15 is 0 Å².